The maximum absolute atomic E-state index is 12.8. The predicted molar refractivity (Wildman–Crippen MR) is 111 cm³/mol. The van der Waals surface area contributed by atoms with Crippen molar-refractivity contribution in [1.82, 2.24) is 15.5 Å². The van der Waals surface area contributed by atoms with Crippen molar-refractivity contribution in [1.29, 1.82) is 0 Å². The summed E-state index contributed by atoms with van der Waals surface area (Å²) < 4.78 is 5.70. The van der Waals surface area contributed by atoms with Gasteiger partial charge in [-0.25, -0.2) is 0 Å². The molecule has 6 atom stereocenters. The van der Waals surface area contributed by atoms with Crippen LogP contribution < -0.4 is 10.6 Å². The molecule has 0 aromatic heterocycles. The van der Waals surface area contributed by atoms with E-state index >= 15 is 0 Å². The largest absolute Gasteiger partial charge is 0.378 e. The Bertz CT molecular complexity index is 731. The monoisotopic (exact) mass is 402 g/mol. The van der Waals surface area contributed by atoms with Crippen LogP contribution in [-0.2, 0) is 14.3 Å². The van der Waals surface area contributed by atoms with Crippen LogP contribution in [0.25, 0.3) is 0 Å². The lowest BCUT2D eigenvalue weighted by Gasteiger charge is -2.59. The lowest BCUT2D eigenvalue weighted by Crippen LogP contribution is -2.69. The number of guanidine groups is 1. The first-order chi connectivity index (χ1) is 13.7. The molecule has 1 heterocycles. The summed E-state index contributed by atoms with van der Waals surface area (Å²) in [4.78, 5) is 31.7. The standard InChI is InChI=1S/C22H34N4O3/c1-6-23-20(25-15-12-22(4,29-5)21(15,2)3)24-9-10-26-18(27)16-13-7-8-14(11-13)17(16)19(26)28/h7-8,13-17H,6,9-12H2,1-5H3,(H2,23,24,25). The van der Waals surface area contributed by atoms with Crippen LogP contribution in [0.5, 0.6) is 0 Å². The third kappa shape index (κ3) is 3.00. The Kier molecular flexibility index (Phi) is 5.00. The maximum Gasteiger partial charge on any atom is 0.233 e. The molecule has 2 amide bonds. The van der Waals surface area contributed by atoms with Gasteiger partial charge in [0.2, 0.25) is 11.8 Å². The number of rotatable bonds is 6. The van der Waals surface area contributed by atoms with E-state index in [0.29, 0.717) is 13.1 Å². The molecule has 4 rings (SSSR count). The van der Waals surface area contributed by atoms with Gasteiger partial charge in [-0.05, 0) is 38.5 Å². The number of allylic oxidation sites excluding steroid dienone is 2. The molecule has 1 aliphatic heterocycles. The highest BCUT2D eigenvalue weighted by Gasteiger charge is 2.59. The van der Waals surface area contributed by atoms with E-state index < -0.39 is 0 Å². The zero-order valence-electron chi connectivity index (χ0n) is 18.2. The van der Waals surface area contributed by atoms with Crippen LogP contribution in [-0.4, -0.2) is 61.1 Å². The molecule has 3 aliphatic carbocycles. The lowest BCUT2D eigenvalue weighted by molar-refractivity contribution is -0.176. The van der Waals surface area contributed by atoms with E-state index in [0.717, 1.165) is 25.3 Å². The van der Waals surface area contributed by atoms with Gasteiger partial charge in [0, 0.05) is 31.7 Å². The van der Waals surface area contributed by atoms with E-state index in [2.05, 4.69) is 48.5 Å². The second kappa shape index (κ2) is 7.11. The number of nitrogens with one attached hydrogen (secondary N) is 2. The lowest BCUT2D eigenvalue weighted by atomic mass is 9.56. The van der Waals surface area contributed by atoms with Crippen LogP contribution in [0, 0.1) is 29.1 Å². The molecule has 2 bridgehead atoms. The molecule has 7 heteroatoms. The minimum absolute atomic E-state index is 0.000923. The zero-order chi connectivity index (χ0) is 21.0. The van der Waals surface area contributed by atoms with E-state index in [1.165, 1.54) is 4.90 Å². The number of carbonyl (C=O) groups excluding carboxylic acids is 2. The number of fused-ring (bicyclic) bond motifs is 5. The molecule has 2 N–H and O–H groups in total. The highest BCUT2D eigenvalue weighted by atomic mass is 16.5. The Labute approximate surface area is 173 Å². The number of imide groups is 1. The Morgan fingerprint density at radius 2 is 1.83 bits per heavy atom. The van der Waals surface area contributed by atoms with Crippen molar-refractivity contribution >= 4 is 17.8 Å². The highest BCUT2D eigenvalue weighted by Crippen LogP contribution is 2.53. The second-order valence-electron chi connectivity index (χ2n) is 9.65. The first kappa shape index (κ1) is 20.4. The molecule has 160 valence electrons. The van der Waals surface area contributed by atoms with Gasteiger partial charge in [0.05, 0.1) is 24.0 Å². The summed E-state index contributed by atoms with van der Waals surface area (Å²) in [6.07, 6.45) is 6.12. The van der Waals surface area contributed by atoms with Crippen molar-refractivity contribution in [3.63, 3.8) is 0 Å². The summed E-state index contributed by atoms with van der Waals surface area (Å²) in [5.41, 5.74) is -0.176. The molecule has 2 saturated carbocycles. The fraction of sp³-hybridized carbons (Fsp3) is 0.773. The van der Waals surface area contributed by atoms with Crippen LogP contribution in [0.4, 0.5) is 0 Å². The zero-order valence-corrected chi connectivity index (χ0v) is 18.2. The van der Waals surface area contributed by atoms with Gasteiger partial charge in [-0.1, -0.05) is 26.0 Å². The van der Waals surface area contributed by atoms with Crippen molar-refractivity contribution in [2.24, 2.45) is 34.1 Å². The number of nitrogens with zero attached hydrogens (tertiary/aromatic N) is 2. The first-order valence-electron chi connectivity index (χ1n) is 10.9. The Balaban J connectivity index is 1.36. The molecule has 0 aromatic rings. The summed E-state index contributed by atoms with van der Waals surface area (Å²) in [6.45, 7) is 10.1. The number of hydrogen-bond acceptors (Lipinski definition) is 4. The van der Waals surface area contributed by atoms with Gasteiger partial charge in [0.1, 0.15) is 0 Å². The quantitative estimate of drug-likeness (QED) is 0.305. The third-order valence-electron chi connectivity index (χ3n) is 8.09. The number of ether oxygens (including phenoxy) is 1. The molecule has 3 fully saturated rings. The topological polar surface area (TPSA) is 83.0 Å². The Morgan fingerprint density at radius 1 is 1.21 bits per heavy atom. The van der Waals surface area contributed by atoms with Crippen molar-refractivity contribution in [2.75, 3.05) is 26.7 Å². The van der Waals surface area contributed by atoms with Gasteiger partial charge in [-0.15, -0.1) is 0 Å². The maximum atomic E-state index is 12.8. The molecular weight excluding hydrogens is 368 g/mol. The van der Waals surface area contributed by atoms with E-state index in [-0.39, 0.29) is 52.5 Å². The fourth-order valence-corrected chi connectivity index (χ4v) is 5.65. The summed E-state index contributed by atoms with van der Waals surface area (Å²) in [7, 11) is 1.76. The molecule has 0 aromatic carbocycles. The molecule has 4 aliphatic rings. The second-order valence-corrected chi connectivity index (χ2v) is 9.65. The van der Waals surface area contributed by atoms with E-state index in [9.17, 15) is 9.59 Å². The van der Waals surface area contributed by atoms with Gasteiger partial charge in [0.15, 0.2) is 5.96 Å². The molecule has 1 saturated heterocycles. The van der Waals surface area contributed by atoms with Gasteiger partial charge in [-0.3, -0.25) is 19.5 Å². The third-order valence-corrected chi connectivity index (χ3v) is 8.09. The number of methoxy groups -OCH3 is 1. The molecule has 0 spiro atoms. The average molecular weight is 403 g/mol. The fourth-order valence-electron chi connectivity index (χ4n) is 5.65. The van der Waals surface area contributed by atoms with Crippen LogP contribution in [0.3, 0.4) is 0 Å². The summed E-state index contributed by atoms with van der Waals surface area (Å²) in [6, 6.07) is 0.251. The average Bonchev–Trinajstić information content (AvgIpc) is 3.36. The van der Waals surface area contributed by atoms with Crippen LogP contribution in [0.15, 0.2) is 17.1 Å². The number of amides is 2. The summed E-state index contributed by atoms with van der Waals surface area (Å²) in [5.74, 6) is 0.979. The van der Waals surface area contributed by atoms with Crippen LogP contribution in [0.2, 0.25) is 0 Å². The smallest absolute Gasteiger partial charge is 0.233 e. The van der Waals surface area contributed by atoms with Crippen LogP contribution in [0.1, 0.15) is 40.5 Å². The highest BCUT2D eigenvalue weighted by molar-refractivity contribution is 6.06. The number of carbonyl (C=O) groups is 2. The molecular formula is C22H34N4O3. The number of aliphatic imine (C=N–C) groups is 1. The van der Waals surface area contributed by atoms with Gasteiger partial charge in [0.25, 0.3) is 0 Å². The summed E-state index contributed by atoms with van der Waals surface area (Å²) in [5, 5.41) is 6.78. The Morgan fingerprint density at radius 3 is 2.34 bits per heavy atom. The number of likely N-dealkylation sites (tertiary alicyclic amines) is 1. The normalized spacial score (nSPS) is 39.7. The van der Waals surface area contributed by atoms with Crippen molar-refractivity contribution in [2.45, 2.75) is 52.2 Å². The van der Waals surface area contributed by atoms with Crippen molar-refractivity contribution < 1.29 is 14.3 Å². The van der Waals surface area contributed by atoms with E-state index in [4.69, 9.17) is 4.74 Å². The van der Waals surface area contributed by atoms with E-state index in [1.807, 2.05) is 6.92 Å². The molecule has 0 radical (unpaired) electrons. The SMILES string of the molecule is CCNC(=NCCN1C(=O)C2C3C=CC(C3)C2C1=O)NC1CC(C)(OC)C1(C)C. The Hall–Kier alpha value is -1.89. The number of hydrogen-bond donors (Lipinski definition) is 2. The minimum Gasteiger partial charge on any atom is -0.378 e. The predicted octanol–water partition coefficient (Wildman–Crippen LogP) is 1.55. The van der Waals surface area contributed by atoms with Gasteiger partial charge >= 0.3 is 0 Å². The molecule has 29 heavy (non-hydrogen) atoms. The first-order valence-corrected chi connectivity index (χ1v) is 10.9. The van der Waals surface area contributed by atoms with E-state index in [1.54, 1.807) is 7.11 Å². The minimum atomic E-state index is -0.151. The molecule has 7 nitrogen and oxygen atoms in total. The van der Waals surface area contributed by atoms with Gasteiger partial charge < -0.3 is 15.4 Å². The van der Waals surface area contributed by atoms with Gasteiger partial charge in [-0.2, -0.15) is 0 Å². The van der Waals surface area contributed by atoms with Crippen molar-refractivity contribution in [3.05, 3.63) is 12.2 Å². The van der Waals surface area contributed by atoms with Crippen molar-refractivity contribution in [3.8, 4) is 0 Å². The van der Waals surface area contributed by atoms with Crippen LogP contribution >= 0.6 is 0 Å². The summed E-state index contributed by atoms with van der Waals surface area (Å²) >= 11 is 0. The molecule has 6 unspecified atom stereocenters.